The summed E-state index contributed by atoms with van der Waals surface area (Å²) in [5, 5.41) is 0. The fraction of sp³-hybridized carbons (Fsp3) is 0.462. The van der Waals surface area contributed by atoms with E-state index in [0.717, 1.165) is 5.75 Å². The lowest BCUT2D eigenvalue weighted by atomic mass is 9.82. The van der Waals surface area contributed by atoms with E-state index in [4.69, 9.17) is 4.74 Å². The second kappa shape index (κ2) is 4.10. The fourth-order valence-electron chi connectivity index (χ4n) is 2.23. The van der Waals surface area contributed by atoms with Crippen LogP contribution in [0.5, 0.6) is 5.75 Å². The van der Waals surface area contributed by atoms with Crippen molar-refractivity contribution in [2.45, 2.75) is 26.2 Å². The van der Waals surface area contributed by atoms with Gasteiger partial charge in [-0.2, -0.15) is 0 Å². The van der Waals surface area contributed by atoms with Gasteiger partial charge in [0.05, 0.1) is 12.5 Å². The van der Waals surface area contributed by atoms with Crippen LogP contribution in [0.25, 0.3) is 0 Å². The van der Waals surface area contributed by atoms with E-state index in [1.165, 1.54) is 17.0 Å². The first-order valence-corrected chi connectivity index (χ1v) is 5.24. The zero-order valence-corrected chi connectivity index (χ0v) is 11.2. The van der Waals surface area contributed by atoms with Crippen LogP contribution >= 0.6 is 0 Å². The van der Waals surface area contributed by atoms with Gasteiger partial charge in [0.15, 0.2) is 5.71 Å². The number of benzene rings is 1. The third kappa shape index (κ3) is 1.61. The minimum atomic E-state index is 0. The van der Waals surface area contributed by atoms with Crippen LogP contribution in [0, 0.1) is 0 Å². The quantitative estimate of drug-likeness (QED) is 0.615. The molecule has 1 heterocycles. The molecule has 0 fully saturated rings. The van der Waals surface area contributed by atoms with Gasteiger partial charge < -0.3 is 17.1 Å². The molecule has 0 radical (unpaired) electrons. The summed E-state index contributed by atoms with van der Waals surface area (Å²) >= 11 is 0. The van der Waals surface area contributed by atoms with Gasteiger partial charge in [0, 0.05) is 18.6 Å². The molecule has 0 atom stereocenters. The fourth-order valence-corrected chi connectivity index (χ4v) is 2.23. The molecule has 2 rings (SSSR count). The molecular weight excluding hydrogens is 222 g/mol. The smallest absolute Gasteiger partial charge is 0.209 e. The molecular formula is C13H18ClNO. The van der Waals surface area contributed by atoms with Gasteiger partial charge in [0.25, 0.3) is 0 Å². The van der Waals surface area contributed by atoms with Gasteiger partial charge in [-0.3, -0.25) is 0 Å². The summed E-state index contributed by atoms with van der Waals surface area (Å²) in [5.41, 5.74) is 4.13. The first kappa shape index (κ1) is 13.0. The van der Waals surface area contributed by atoms with E-state index in [-0.39, 0.29) is 17.8 Å². The Bertz CT molecular complexity index is 449. The third-order valence-corrected chi connectivity index (χ3v) is 3.65. The lowest BCUT2D eigenvalue weighted by Gasteiger charge is -2.15. The molecule has 1 aromatic rings. The second-order valence-electron chi connectivity index (χ2n) is 4.65. The van der Waals surface area contributed by atoms with Gasteiger partial charge in [-0.05, 0) is 26.0 Å². The van der Waals surface area contributed by atoms with Crippen molar-refractivity contribution in [3.05, 3.63) is 23.8 Å². The SMILES string of the molecule is COc1ccc2c(c1)C(C)(C)C(C)=[N+]2C.[Cl-]. The van der Waals surface area contributed by atoms with Crippen molar-refractivity contribution in [2.75, 3.05) is 14.2 Å². The molecule has 0 bridgehead atoms. The van der Waals surface area contributed by atoms with Gasteiger partial charge in [-0.25, -0.2) is 4.58 Å². The van der Waals surface area contributed by atoms with E-state index >= 15 is 0 Å². The Morgan fingerprint density at radius 1 is 1.25 bits per heavy atom. The Morgan fingerprint density at radius 2 is 1.88 bits per heavy atom. The normalized spacial score (nSPS) is 16.8. The first-order chi connectivity index (χ1) is 6.98. The summed E-state index contributed by atoms with van der Waals surface area (Å²) in [6.07, 6.45) is 0. The number of hydrogen-bond donors (Lipinski definition) is 0. The Hall–Kier alpha value is -1.02. The van der Waals surface area contributed by atoms with Crippen molar-refractivity contribution in [3.63, 3.8) is 0 Å². The standard InChI is InChI=1S/C13H18NO.ClH/c1-9-13(2,3)11-8-10(15-5)6-7-12(11)14(9)4;/h6-8H,1-5H3;1H/q+1;/p-1. The molecule has 1 aliphatic heterocycles. The Balaban J connectivity index is 0.00000128. The Kier molecular flexibility index (Phi) is 3.34. The molecule has 88 valence electrons. The summed E-state index contributed by atoms with van der Waals surface area (Å²) < 4.78 is 7.53. The maximum atomic E-state index is 5.28. The second-order valence-corrected chi connectivity index (χ2v) is 4.65. The summed E-state index contributed by atoms with van der Waals surface area (Å²) in [4.78, 5) is 0. The predicted octanol–water partition coefficient (Wildman–Crippen LogP) is -0.275. The topological polar surface area (TPSA) is 12.2 Å². The van der Waals surface area contributed by atoms with Crippen LogP contribution in [0.2, 0.25) is 0 Å². The van der Waals surface area contributed by atoms with Gasteiger partial charge in [-0.1, -0.05) is 0 Å². The average Bonchev–Trinajstić information content (AvgIpc) is 2.40. The number of nitrogens with zero attached hydrogens (tertiary/aromatic N) is 1. The van der Waals surface area contributed by atoms with E-state index in [2.05, 4.69) is 44.5 Å². The first-order valence-electron chi connectivity index (χ1n) is 5.24. The van der Waals surface area contributed by atoms with Gasteiger partial charge in [-0.15, -0.1) is 0 Å². The molecule has 0 aromatic heterocycles. The molecule has 2 nitrogen and oxygen atoms in total. The van der Waals surface area contributed by atoms with Crippen molar-refractivity contribution in [2.24, 2.45) is 0 Å². The zero-order valence-electron chi connectivity index (χ0n) is 10.5. The number of ether oxygens (including phenoxy) is 1. The van der Waals surface area contributed by atoms with Crippen LogP contribution in [0.4, 0.5) is 5.69 Å². The molecule has 0 amide bonds. The van der Waals surface area contributed by atoms with Crippen LogP contribution in [-0.4, -0.2) is 24.4 Å². The van der Waals surface area contributed by atoms with Crippen molar-refractivity contribution in [3.8, 4) is 5.75 Å². The highest BCUT2D eigenvalue weighted by molar-refractivity contribution is 5.93. The van der Waals surface area contributed by atoms with Gasteiger partial charge in [0.2, 0.25) is 5.69 Å². The minimum absolute atomic E-state index is 0. The largest absolute Gasteiger partial charge is 1.00 e. The molecule has 0 spiro atoms. The number of fused-ring (bicyclic) bond motifs is 1. The maximum Gasteiger partial charge on any atom is 0.209 e. The van der Waals surface area contributed by atoms with E-state index in [1.54, 1.807) is 7.11 Å². The van der Waals surface area contributed by atoms with Crippen molar-refractivity contribution in [1.82, 2.24) is 0 Å². The monoisotopic (exact) mass is 239 g/mol. The number of methoxy groups -OCH3 is 1. The van der Waals surface area contributed by atoms with Crippen molar-refractivity contribution < 1.29 is 21.7 Å². The lowest BCUT2D eigenvalue weighted by Crippen LogP contribution is -3.00. The molecule has 0 unspecified atom stereocenters. The summed E-state index contributed by atoms with van der Waals surface area (Å²) in [5.74, 6) is 0.935. The summed E-state index contributed by atoms with van der Waals surface area (Å²) in [7, 11) is 3.83. The van der Waals surface area contributed by atoms with E-state index < -0.39 is 0 Å². The Morgan fingerprint density at radius 3 is 2.44 bits per heavy atom. The van der Waals surface area contributed by atoms with E-state index in [1.807, 2.05) is 6.07 Å². The molecule has 16 heavy (non-hydrogen) atoms. The molecule has 3 heteroatoms. The van der Waals surface area contributed by atoms with Crippen LogP contribution in [0.3, 0.4) is 0 Å². The third-order valence-electron chi connectivity index (χ3n) is 3.65. The summed E-state index contributed by atoms with van der Waals surface area (Å²) in [6, 6.07) is 6.29. The minimum Gasteiger partial charge on any atom is -1.00 e. The average molecular weight is 240 g/mol. The van der Waals surface area contributed by atoms with E-state index in [0.29, 0.717) is 0 Å². The zero-order chi connectivity index (χ0) is 11.2. The van der Waals surface area contributed by atoms with E-state index in [9.17, 15) is 0 Å². The lowest BCUT2D eigenvalue weighted by molar-refractivity contribution is -0.403. The van der Waals surface area contributed by atoms with Crippen LogP contribution in [-0.2, 0) is 5.41 Å². The van der Waals surface area contributed by atoms with Gasteiger partial charge in [0.1, 0.15) is 12.8 Å². The van der Waals surface area contributed by atoms with Crippen LogP contribution in [0.1, 0.15) is 26.3 Å². The molecule has 0 saturated heterocycles. The number of hydrogen-bond acceptors (Lipinski definition) is 1. The van der Waals surface area contributed by atoms with Gasteiger partial charge >= 0.3 is 0 Å². The molecule has 0 N–H and O–H groups in total. The molecule has 0 saturated carbocycles. The van der Waals surface area contributed by atoms with Crippen LogP contribution in [0.15, 0.2) is 18.2 Å². The maximum absolute atomic E-state index is 5.28. The highest BCUT2D eigenvalue weighted by Crippen LogP contribution is 2.40. The number of halogens is 1. The molecule has 1 aliphatic rings. The van der Waals surface area contributed by atoms with Crippen molar-refractivity contribution in [1.29, 1.82) is 0 Å². The highest BCUT2D eigenvalue weighted by atomic mass is 35.5. The summed E-state index contributed by atoms with van der Waals surface area (Å²) in [6.45, 7) is 6.70. The van der Waals surface area contributed by atoms with Crippen LogP contribution < -0.4 is 17.1 Å². The Labute approximate surface area is 103 Å². The number of rotatable bonds is 1. The molecule has 0 aliphatic carbocycles. The van der Waals surface area contributed by atoms with Crippen molar-refractivity contribution >= 4 is 11.4 Å². The predicted molar refractivity (Wildman–Crippen MR) is 62.5 cm³/mol. The highest BCUT2D eigenvalue weighted by Gasteiger charge is 2.41. The molecule has 1 aromatic carbocycles.